The average Bonchev–Trinajstić information content (AvgIpc) is 3.35. The van der Waals surface area contributed by atoms with E-state index in [9.17, 15) is 9.59 Å². The maximum atomic E-state index is 12.6. The van der Waals surface area contributed by atoms with Crippen LogP contribution in [0.15, 0.2) is 36.4 Å². The van der Waals surface area contributed by atoms with E-state index in [2.05, 4.69) is 10.6 Å². The number of carbonyl (C=O) groups is 2. The van der Waals surface area contributed by atoms with E-state index >= 15 is 0 Å². The summed E-state index contributed by atoms with van der Waals surface area (Å²) in [7, 11) is 0. The molecule has 0 radical (unpaired) electrons. The lowest BCUT2D eigenvalue weighted by molar-refractivity contribution is -0.131. The van der Waals surface area contributed by atoms with Crippen LogP contribution in [-0.4, -0.2) is 11.8 Å². The molecule has 0 bridgehead atoms. The summed E-state index contributed by atoms with van der Waals surface area (Å²) in [6.45, 7) is 3.99. The van der Waals surface area contributed by atoms with Gasteiger partial charge in [-0.05, 0) is 68.1 Å². The molecule has 0 heterocycles. The van der Waals surface area contributed by atoms with Crippen molar-refractivity contribution in [2.75, 3.05) is 10.6 Å². The monoisotopic (exact) mass is 376 g/mol. The summed E-state index contributed by atoms with van der Waals surface area (Å²) >= 11 is 11.9. The lowest BCUT2D eigenvalue weighted by Gasteiger charge is -2.16. The third-order valence-corrected chi connectivity index (χ3v) is 5.11. The molecule has 0 aliphatic heterocycles. The lowest BCUT2D eigenvalue weighted by atomic mass is 10.0. The average molecular weight is 377 g/mol. The van der Waals surface area contributed by atoms with Gasteiger partial charge in [-0.3, -0.25) is 9.59 Å². The van der Waals surface area contributed by atoms with Crippen LogP contribution in [0.2, 0.25) is 10.0 Å². The number of hydrogen-bond acceptors (Lipinski definition) is 2. The molecule has 130 valence electrons. The first kappa shape index (κ1) is 17.8. The van der Waals surface area contributed by atoms with Crippen LogP contribution in [0.4, 0.5) is 11.4 Å². The second-order valence-electron chi connectivity index (χ2n) is 6.41. The Kier molecular flexibility index (Phi) is 4.76. The van der Waals surface area contributed by atoms with Crippen molar-refractivity contribution in [3.8, 4) is 0 Å². The van der Waals surface area contributed by atoms with Gasteiger partial charge in [0.2, 0.25) is 11.8 Å². The number of benzene rings is 2. The first-order valence-corrected chi connectivity index (χ1v) is 8.73. The molecule has 0 saturated heterocycles. The van der Waals surface area contributed by atoms with Crippen LogP contribution in [0.3, 0.4) is 0 Å². The van der Waals surface area contributed by atoms with Crippen molar-refractivity contribution >= 4 is 46.4 Å². The molecule has 2 amide bonds. The summed E-state index contributed by atoms with van der Waals surface area (Å²) < 4.78 is 0. The van der Waals surface area contributed by atoms with Crippen molar-refractivity contribution in [1.82, 2.24) is 0 Å². The molecule has 0 unspecified atom stereocenters. The number of hydrogen-bond donors (Lipinski definition) is 2. The zero-order valence-corrected chi connectivity index (χ0v) is 15.5. The molecule has 6 heteroatoms. The minimum atomic E-state index is -1.04. The number of aryl methyl sites for hydroxylation is 2. The molecule has 1 aliphatic carbocycles. The van der Waals surface area contributed by atoms with E-state index in [1.807, 2.05) is 32.0 Å². The highest BCUT2D eigenvalue weighted by Gasteiger charge is 2.56. The highest BCUT2D eigenvalue weighted by atomic mass is 35.5. The third-order valence-electron chi connectivity index (χ3n) is 4.56. The highest BCUT2D eigenvalue weighted by molar-refractivity contribution is 6.37. The quantitative estimate of drug-likeness (QED) is 0.740. The summed E-state index contributed by atoms with van der Waals surface area (Å²) in [6, 6.07) is 10.5. The van der Waals surface area contributed by atoms with Crippen molar-refractivity contribution in [2.45, 2.75) is 26.7 Å². The maximum absolute atomic E-state index is 12.6. The second-order valence-corrected chi connectivity index (χ2v) is 7.26. The minimum absolute atomic E-state index is 0.293. The summed E-state index contributed by atoms with van der Waals surface area (Å²) in [4.78, 5) is 25.3. The minimum Gasteiger partial charge on any atom is -0.325 e. The molecular weight excluding hydrogens is 359 g/mol. The normalized spacial score (nSPS) is 14.7. The van der Waals surface area contributed by atoms with Crippen LogP contribution in [0, 0.1) is 19.3 Å². The van der Waals surface area contributed by atoms with Crippen molar-refractivity contribution < 1.29 is 9.59 Å². The number of amides is 2. The van der Waals surface area contributed by atoms with Crippen LogP contribution in [-0.2, 0) is 9.59 Å². The number of rotatable bonds is 4. The van der Waals surface area contributed by atoms with E-state index in [0.717, 1.165) is 11.1 Å². The predicted octanol–water partition coefficient (Wildman–Crippen LogP) is 4.97. The molecule has 2 aromatic rings. The first-order valence-electron chi connectivity index (χ1n) is 7.97. The zero-order chi connectivity index (χ0) is 18.2. The van der Waals surface area contributed by atoms with Gasteiger partial charge in [0, 0.05) is 10.7 Å². The van der Waals surface area contributed by atoms with E-state index in [4.69, 9.17) is 23.2 Å². The molecule has 3 rings (SSSR count). The summed E-state index contributed by atoms with van der Waals surface area (Å²) in [5.41, 5.74) is 2.33. The Balaban J connectivity index is 1.73. The Morgan fingerprint density at radius 1 is 0.920 bits per heavy atom. The van der Waals surface area contributed by atoms with Crippen LogP contribution in [0.5, 0.6) is 0 Å². The molecule has 0 atom stereocenters. The first-order chi connectivity index (χ1) is 11.8. The zero-order valence-electron chi connectivity index (χ0n) is 14.0. The number of nitrogens with one attached hydrogen (secondary N) is 2. The fraction of sp³-hybridized carbons (Fsp3) is 0.263. The lowest BCUT2D eigenvalue weighted by Crippen LogP contribution is -2.35. The van der Waals surface area contributed by atoms with Crippen LogP contribution >= 0.6 is 23.2 Å². The largest absolute Gasteiger partial charge is 0.325 e. The fourth-order valence-corrected chi connectivity index (χ4v) is 3.04. The van der Waals surface area contributed by atoms with Crippen molar-refractivity contribution in [3.05, 3.63) is 57.6 Å². The summed E-state index contributed by atoms with van der Waals surface area (Å²) in [6.07, 6.45) is 1.03. The molecule has 0 spiro atoms. The van der Waals surface area contributed by atoms with Gasteiger partial charge in [-0.1, -0.05) is 29.3 Å². The number of halogens is 2. The van der Waals surface area contributed by atoms with Crippen molar-refractivity contribution in [1.29, 1.82) is 0 Å². The Labute approximate surface area is 156 Å². The van der Waals surface area contributed by atoms with E-state index in [1.165, 1.54) is 0 Å². The Morgan fingerprint density at radius 2 is 1.60 bits per heavy atom. The summed E-state index contributed by atoms with van der Waals surface area (Å²) in [5, 5.41) is 6.41. The fourth-order valence-electron chi connectivity index (χ4n) is 2.58. The number of carbonyl (C=O) groups excluding carboxylic acids is 2. The third kappa shape index (κ3) is 3.65. The molecule has 4 nitrogen and oxygen atoms in total. The van der Waals surface area contributed by atoms with Crippen LogP contribution in [0.25, 0.3) is 0 Å². The van der Waals surface area contributed by atoms with Gasteiger partial charge < -0.3 is 10.6 Å². The number of anilines is 2. The maximum Gasteiger partial charge on any atom is 0.240 e. The van der Waals surface area contributed by atoms with Crippen molar-refractivity contribution in [2.24, 2.45) is 5.41 Å². The SMILES string of the molecule is Cc1ccc(NC(=O)C2(C(=O)Nc3ccc(Cl)cc3Cl)CC2)cc1C. The Morgan fingerprint density at radius 3 is 2.20 bits per heavy atom. The van der Waals surface area contributed by atoms with E-state index in [0.29, 0.717) is 34.3 Å². The molecule has 1 saturated carbocycles. The summed E-state index contributed by atoms with van der Waals surface area (Å²) in [5.74, 6) is -0.642. The van der Waals surface area contributed by atoms with Gasteiger partial charge in [-0.25, -0.2) is 0 Å². The van der Waals surface area contributed by atoms with Gasteiger partial charge in [0.25, 0.3) is 0 Å². The molecule has 2 aromatic carbocycles. The van der Waals surface area contributed by atoms with Crippen LogP contribution < -0.4 is 10.6 Å². The van der Waals surface area contributed by atoms with Gasteiger partial charge in [-0.2, -0.15) is 0 Å². The van der Waals surface area contributed by atoms with Gasteiger partial charge in [0.1, 0.15) is 5.41 Å². The van der Waals surface area contributed by atoms with Crippen molar-refractivity contribution in [3.63, 3.8) is 0 Å². The Bertz CT molecular complexity index is 860. The predicted molar refractivity (Wildman–Crippen MR) is 101 cm³/mol. The van der Waals surface area contributed by atoms with Gasteiger partial charge >= 0.3 is 0 Å². The molecule has 0 aromatic heterocycles. The molecule has 1 fully saturated rings. The highest BCUT2D eigenvalue weighted by Crippen LogP contribution is 2.48. The van der Waals surface area contributed by atoms with Gasteiger partial charge in [0.05, 0.1) is 10.7 Å². The smallest absolute Gasteiger partial charge is 0.240 e. The molecule has 1 aliphatic rings. The molecule has 2 N–H and O–H groups in total. The topological polar surface area (TPSA) is 58.2 Å². The second kappa shape index (κ2) is 6.70. The van der Waals surface area contributed by atoms with Gasteiger partial charge in [0.15, 0.2) is 0 Å². The molecule has 25 heavy (non-hydrogen) atoms. The van der Waals surface area contributed by atoms with E-state index in [1.54, 1.807) is 18.2 Å². The molecular formula is C19H18Cl2N2O2. The van der Waals surface area contributed by atoms with E-state index in [-0.39, 0.29) is 11.8 Å². The standard InChI is InChI=1S/C19H18Cl2N2O2/c1-11-3-5-14(9-12(11)2)22-17(24)19(7-8-19)18(25)23-16-6-4-13(20)10-15(16)21/h3-6,9-10H,7-8H2,1-2H3,(H,22,24)(H,23,25). The van der Waals surface area contributed by atoms with Gasteiger partial charge in [-0.15, -0.1) is 0 Å². The Hall–Kier alpha value is -2.04. The van der Waals surface area contributed by atoms with E-state index < -0.39 is 5.41 Å². The van der Waals surface area contributed by atoms with Crippen LogP contribution in [0.1, 0.15) is 24.0 Å².